The second kappa shape index (κ2) is 3.02. The molecule has 0 radical (unpaired) electrons. The number of fused-ring (bicyclic) bond motifs is 1. The Balaban J connectivity index is 2.46. The van der Waals surface area contributed by atoms with Crippen LogP contribution in [0.4, 0.5) is 10.5 Å². The standard InChI is InChI=1S/C9H10N4O/c1-13-5-11-7-4-6(12-9(10)14)2-3-8(7)13/h2-5H,1H3,(H3,10,12,14). The number of aryl methyl sites for hydroxylation is 1. The molecule has 14 heavy (non-hydrogen) atoms. The van der Waals surface area contributed by atoms with Gasteiger partial charge in [-0.25, -0.2) is 9.78 Å². The molecule has 1 aromatic carbocycles. The smallest absolute Gasteiger partial charge is 0.316 e. The lowest BCUT2D eigenvalue weighted by Gasteiger charge is -2.01. The Hall–Kier alpha value is -2.04. The molecule has 0 aliphatic heterocycles. The Morgan fingerprint density at radius 3 is 3.07 bits per heavy atom. The van der Waals surface area contributed by atoms with Crippen LogP contribution in [0.1, 0.15) is 0 Å². The first-order valence-corrected chi connectivity index (χ1v) is 4.14. The van der Waals surface area contributed by atoms with E-state index in [0.29, 0.717) is 5.69 Å². The van der Waals surface area contributed by atoms with Crippen molar-refractivity contribution in [2.75, 3.05) is 5.32 Å². The summed E-state index contributed by atoms with van der Waals surface area (Å²) in [5.41, 5.74) is 7.50. The van der Waals surface area contributed by atoms with Crippen molar-refractivity contribution in [1.82, 2.24) is 9.55 Å². The van der Waals surface area contributed by atoms with Crippen LogP contribution in [0.2, 0.25) is 0 Å². The molecule has 5 nitrogen and oxygen atoms in total. The summed E-state index contributed by atoms with van der Waals surface area (Å²) in [7, 11) is 1.91. The van der Waals surface area contributed by atoms with Gasteiger partial charge in [0.2, 0.25) is 0 Å². The van der Waals surface area contributed by atoms with Crippen LogP contribution in [0.3, 0.4) is 0 Å². The van der Waals surface area contributed by atoms with E-state index in [1.807, 2.05) is 17.7 Å². The highest BCUT2D eigenvalue weighted by molar-refractivity contribution is 5.90. The van der Waals surface area contributed by atoms with E-state index >= 15 is 0 Å². The molecule has 1 aromatic heterocycles. The first-order chi connectivity index (χ1) is 6.66. The Morgan fingerprint density at radius 2 is 2.36 bits per heavy atom. The number of hydrogen-bond acceptors (Lipinski definition) is 2. The number of nitrogens with zero attached hydrogens (tertiary/aromatic N) is 2. The zero-order valence-corrected chi connectivity index (χ0v) is 7.69. The van der Waals surface area contributed by atoms with Gasteiger partial charge in [0.05, 0.1) is 17.4 Å². The van der Waals surface area contributed by atoms with E-state index in [0.717, 1.165) is 11.0 Å². The van der Waals surface area contributed by atoms with Gasteiger partial charge < -0.3 is 15.6 Å². The highest BCUT2D eigenvalue weighted by Crippen LogP contribution is 2.16. The molecular formula is C9H10N4O. The molecule has 0 fully saturated rings. The van der Waals surface area contributed by atoms with Gasteiger partial charge in [-0.1, -0.05) is 0 Å². The van der Waals surface area contributed by atoms with Crippen LogP contribution in [-0.4, -0.2) is 15.6 Å². The van der Waals surface area contributed by atoms with Crippen molar-refractivity contribution >= 4 is 22.8 Å². The third-order valence-corrected chi connectivity index (χ3v) is 1.99. The van der Waals surface area contributed by atoms with E-state index in [1.54, 1.807) is 18.5 Å². The van der Waals surface area contributed by atoms with E-state index in [2.05, 4.69) is 10.3 Å². The summed E-state index contributed by atoms with van der Waals surface area (Å²) in [6, 6.07) is 4.88. The minimum atomic E-state index is -0.569. The average Bonchev–Trinajstić information content (AvgIpc) is 2.46. The highest BCUT2D eigenvalue weighted by atomic mass is 16.2. The molecule has 0 bridgehead atoms. The molecule has 0 aliphatic carbocycles. The molecule has 2 amide bonds. The van der Waals surface area contributed by atoms with Gasteiger partial charge in [0.1, 0.15) is 0 Å². The maximum atomic E-state index is 10.6. The summed E-state index contributed by atoms with van der Waals surface area (Å²) in [6.07, 6.45) is 1.72. The SMILES string of the molecule is Cn1cnc2cc(NC(N)=O)ccc21. The molecule has 0 saturated carbocycles. The molecular weight excluding hydrogens is 180 g/mol. The van der Waals surface area contributed by atoms with Crippen LogP contribution in [0, 0.1) is 0 Å². The summed E-state index contributed by atoms with van der Waals surface area (Å²) in [6.45, 7) is 0. The first-order valence-electron chi connectivity index (χ1n) is 4.14. The average molecular weight is 190 g/mol. The Labute approximate surface area is 80.5 Å². The van der Waals surface area contributed by atoms with Crippen molar-refractivity contribution < 1.29 is 4.79 Å². The van der Waals surface area contributed by atoms with Crippen LogP contribution < -0.4 is 11.1 Å². The van der Waals surface area contributed by atoms with Crippen molar-refractivity contribution in [3.8, 4) is 0 Å². The Kier molecular flexibility index (Phi) is 1.85. The van der Waals surface area contributed by atoms with Gasteiger partial charge in [-0.3, -0.25) is 0 Å². The quantitative estimate of drug-likeness (QED) is 0.705. The number of aromatic nitrogens is 2. The third kappa shape index (κ3) is 1.39. The van der Waals surface area contributed by atoms with Crippen molar-refractivity contribution in [1.29, 1.82) is 0 Å². The molecule has 0 spiro atoms. The van der Waals surface area contributed by atoms with Gasteiger partial charge in [0, 0.05) is 12.7 Å². The number of benzene rings is 1. The monoisotopic (exact) mass is 190 g/mol. The van der Waals surface area contributed by atoms with E-state index in [4.69, 9.17) is 5.73 Å². The fourth-order valence-electron chi connectivity index (χ4n) is 1.36. The van der Waals surface area contributed by atoms with Crippen LogP contribution in [0.15, 0.2) is 24.5 Å². The number of carbonyl (C=O) groups excluding carboxylic acids is 1. The number of imidazole rings is 1. The van der Waals surface area contributed by atoms with Crippen LogP contribution in [0.5, 0.6) is 0 Å². The minimum Gasteiger partial charge on any atom is -0.351 e. The zero-order chi connectivity index (χ0) is 10.1. The number of hydrogen-bond donors (Lipinski definition) is 2. The van der Waals surface area contributed by atoms with Gasteiger partial charge in [-0.05, 0) is 18.2 Å². The maximum absolute atomic E-state index is 10.6. The van der Waals surface area contributed by atoms with E-state index in [9.17, 15) is 4.79 Å². The molecule has 0 atom stereocenters. The lowest BCUT2D eigenvalue weighted by molar-refractivity contribution is 0.259. The number of carbonyl (C=O) groups is 1. The zero-order valence-electron chi connectivity index (χ0n) is 7.69. The number of urea groups is 1. The first kappa shape index (κ1) is 8.55. The lowest BCUT2D eigenvalue weighted by Crippen LogP contribution is -2.19. The largest absolute Gasteiger partial charge is 0.351 e. The molecule has 1 heterocycles. The van der Waals surface area contributed by atoms with Gasteiger partial charge >= 0.3 is 6.03 Å². The topological polar surface area (TPSA) is 72.9 Å². The normalized spacial score (nSPS) is 10.4. The van der Waals surface area contributed by atoms with Gasteiger partial charge in [-0.15, -0.1) is 0 Å². The molecule has 0 unspecified atom stereocenters. The number of nitrogens with two attached hydrogens (primary N) is 1. The molecule has 3 N–H and O–H groups in total. The summed E-state index contributed by atoms with van der Waals surface area (Å²) >= 11 is 0. The number of anilines is 1. The summed E-state index contributed by atoms with van der Waals surface area (Å²) < 4.78 is 1.91. The van der Waals surface area contributed by atoms with E-state index in [-0.39, 0.29) is 0 Å². The van der Waals surface area contributed by atoms with Crippen molar-refractivity contribution in [3.63, 3.8) is 0 Å². The van der Waals surface area contributed by atoms with Gasteiger partial charge in [-0.2, -0.15) is 0 Å². The summed E-state index contributed by atoms with van der Waals surface area (Å²) in [5, 5.41) is 2.50. The lowest BCUT2D eigenvalue weighted by atomic mass is 10.3. The minimum absolute atomic E-state index is 0.569. The predicted molar refractivity (Wildman–Crippen MR) is 53.9 cm³/mol. The molecule has 0 aliphatic rings. The summed E-state index contributed by atoms with van der Waals surface area (Å²) in [4.78, 5) is 14.8. The van der Waals surface area contributed by atoms with Gasteiger partial charge in [0.25, 0.3) is 0 Å². The number of rotatable bonds is 1. The van der Waals surface area contributed by atoms with Crippen LogP contribution >= 0.6 is 0 Å². The van der Waals surface area contributed by atoms with Crippen molar-refractivity contribution in [3.05, 3.63) is 24.5 Å². The summed E-state index contributed by atoms with van der Waals surface area (Å²) in [5.74, 6) is 0. The second-order valence-corrected chi connectivity index (χ2v) is 3.05. The molecule has 0 saturated heterocycles. The number of primary amides is 1. The molecule has 72 valence electrons. The highest BCUT2D eigenvalue weighted by Gasteiger charge is 2.01. The van der Waals surface area contributed by atoms with Crippen LogP contribution in [0.25, 0.3) is 11.0 Å². The maximum Gasteiger partial charge on any atom is 0.316 e. The van der Waals surface area contributed by atoms with Crippen LogP contribution in [-0.2, 0) is 7.05 Å². The Bertz CT molecular complexity index is 489. The Morgan fingerprint density at radius 1 is 1.57 bits per heavy atom. The van der Waals surface area contributed by atoms with Crippen molar-refractivity contribution in [2.24, 2.45) is 12.8 Å². The predicted octanol–water partition coefficient (Wildman–Crippen LogP) is 1.06. The fraction of sp³-hybridized carbons (Fsp3) is 0.111. The van der Waals surface area contributed by atoms with Crippen molar-refractivity contribution in [2.45, 2.75) is 0 Å². The number of amides is 2. The molecule has 2 rings (SSSR count). The fourth-order valence-corrected chi connectivity index (χ4v) is 1.36. The second-order valence-electron chi connectivity index (χ2n) is 3.05. The molecule has 2 aromatic rings. The van der Waals surface area contributed by atoms with E-state index in [1.165, 1.54) is 0 Å². The third-order valence-electron chi connectivity index (χ3n) is 1.99. The van der Waals surface area contributed by atoms with Gasteiger partial charge in [0.15, 0.2) is 0 Å². The van der Waals surface area contributed by atoms with E-state index < -0.39 is 6.03 Å². The molecule has 5 heteroatoms. The number of nitrogens with one attached hydrogen (secondary N) is 1.